The van der Waals surface area contributed by atoms with Gasteiger partial charge in [0.15, 0.2) is 0 Å². The maximum absolute atomic E-state index is 11.1. The van der Waals surface area contributed by atoms with Crippen molar-refractivity contribution >= 4 is 18.6 Å². The van der Waals surface area contributed by atoms with E-state index >= 15 is 0 Å². The number of methoxy groups -OCH3 is 1. The van der Waals surface area contributed by atoms with E-state index in [2.05, 4.69) is 12.6 Å². The number of carbonyl (C=O) groups is 1. The molecule has 3 nitrogen and oxygen atoms in total. The largest absolute Gasteiger partial charge is 0.463 e. The second-order valence-electron chi connectivity index (χ2n) is 3.62. The van der Waals surface area contributed by atoms with Crippen molar-refractivity contribution in [3.63, 3.8) is 0 Å². The minimum Gasteiger partial charge on any atom is -0.463 e. The molecule has 0 saturated heterocycles. The van der Waals surface area contributed by atoms with Crippen LogP contribution in [0.5, 0.6) is 0 Å². The summed E-state index contributed by atoms with van der Waals surface area (Å²) in [5, 5.41) is 0. The third kappa shape index (κ3) is 10.1. The van der Waals surface area contributed by atoms with E-state index < -0.39 is 0 Å². The van der Waals surface area contributed by atoms with E-state index in [9.17, 15) is 4.79 Å². The summed E-state index contributed by atoms with van der Waals surface area (Å²) in [4.78, 5) is 11.1. The van der Waals surface area contributed by atoms with Gasteiger partial charge in [-0.15, -0.1) is 0 Å². The number of thiol groups is 1. The van der Waals surface area contributed by atoms with Crippen LogP contribution >= 0.6 is 12.6 Å². The van der Waals surface area contributed by atoms with E-state index in [1.807, 2.05) is 6.92 Å². The third-order valence-corrected chi connectivity index (χ3v) is 2.33. The molecule has 4 heteroatoms. The molecule has 0 aliphatic rings. The Morgan fingerprint density at radius 1 is 1.33 bits per heavy atom. The Bertz CT molecular complexity index is 162. The Balaban J connectivity index is 3.32. The quantitative estimate of drug-likeness (QED) is 0.378. The molecule has 0 aliphatic heterocycles. The highest BCUT2D eigenvalue weighted by atomic mass is 32.1. The molecule has 0 rings (SSSR count). The minimum atomic E-state index is -0.144. The first-order valence-electron chi connectivity index (χ1n) is 5.50. The number of rotatable bonds is 9. The average Bonchev–Trinajstić information content (AvgIpc) is 2.17. The first-order chi connectivity index (χ1) is 7.20. The van der Waals surface area contributed by atoms with Gasteiger partial charge in [0.1, 0.15) is 0 Å². The Morgan fingerprint density at radius 2 is 2.07 bits per heavy atom. The number of hydrogen-bond acceptors (Lipinski definition) is 4. The van der Waals surface area contributed by atoms with Crippen molar-refractivity contribution in [2.24, 2.45) is 0 Å². The van der Waals surface area contributed by atoms with Crippen molar-refractivity contribution in [1.29, 1.82) is 0 Å². The molecule has 15 heavy (non-hydrogen) atoms. The lowest BCUT2D eigenvalue weighted by atomic mass is 10.1. The average molecular weight is 234 g/mol. The molecule has 0 amide bonds. The predicted molar refractivity (Wildman–Crippen MR) is 64.4 cm³/mol. The lowest BCUT2D eigenvalue weighted by molar-refractivity contribution is -0.148. The zero-order valence-electron chi connectivity index (χ0n) is 9.70. The maximum atomic E-state index is 11.1. The monoisotopic (exact) mass is 234 g/mol. The lowest BCUT2D eigenvalue weighted by Gasteiger charge is -2.12. The summed E-state index contributed by atoms with van der Waals surface area (Å²) in [6.45, 7) is 2.75. The highest BCUT2D eigenvalue weighted by Gasteiger charge is 2.07. The molecule has 1 atom stereocenters. The van der Waals surface area contributed by atoms with Gasteiger partial charge in [0, 0.05) is 19.5 Å². The van der Waals surface area contributed by atoms with Crippen LogP contribution in [0.15, 0.2) is 0 Å². The van der Waals surface area contributed by atoms with Crippen LogP contribution in [0.25, 0.3) is 0 Å². The number of ether oxygens (including phenoxy) is 2. The van der Waals surface area contributed by atoms with Crippen molar-refractivity contribution in [2.75, 3.05) is 19.5 Å². The Hall–Kier alpha value is -0.220. The van der Waals surface area contributed by atoms with Gasteiger partial charge in [-0.25, -0.2) is 0 Å². The fourth-order valence-corrected chi connectivity index (χ4v) is 1.47. The van der Waals surface area contributed by atoms with Gasteiger partial charge >= 0.3 is 5.97 Å². The van der Waals surface area contributed by atoms with E-state index in [1.54, 1.807) is 7.11 Å². The molecule has 0 aromatic heterocycles. The van der Waals surface area contributed by atoms with Crippen LogP contribution in [0.4, 0.5) is 0 Å². The molecular weight excluding hydrogens is 212 g/mol. The van der Waals surface area contributed by atoms with Crippen LogP contribution < -0.4 is 0 Å². The Morgan fingerprint density at radius 3 is 2.67 bits per heavy atom. The summed E-state index contributed by atoms with van der Waals surface area (Å²) in [5.41, 5.74) is 0. The molecule has 0 N–H and O–H groups in total. The van der Waals surface area contributed by atoms with Gasteiger partial charge in [-0.05, 0) is 26.2 Å². The number of hydrogen-bond donors (Lipinski definition) is 1. The van der Waals surface area contributed by atoms with Gasteiger partial charge in [0.25, 0.3) is 0 Å². The first kappa shape index (κ1) is 14.8. The van der Waals surface area contributed by atoms with Crippen molar-refractivity contribution in [2.45, 2.75) is 45.1 Å². The van der Waals surface area contributed by atoms with Gasteiger partial charge in [0.2, 0.25) is 0 Å². The molecule has 0 aromatic rings. The van der Waals surface area contributed by atoms with E-state index in [0.29, 0.717) is 12.2 Å². The highest BCUT2D eigenvalue weighted by molar-refractivity contribution is 7.80. The molecule has 0 fully saturated rings. The molecule has 90 valence electrons. The summed E-state index contributed by atoms with van der Waals surface area (Å²) < 4.78 is 10.1. The van der Waals surface area contributed by atoms with Crippen molar-refractivity contribution in [3.05, 3.63) is 0 Å². The second-order valence-corrected chi connectivity index (χ2v) is 4.06. The molecular formula is C11H22O3S. The van der Waals surface area contributed by atoms with Crippen LogP contribution in [0, 0.1) is 0 Å². The number of carbonyl (C=O) groups excluding carboxylic acids is 1. The minimum absolute atomic E-state index is 0.0277. The topological polar surface area (TPSA) is 35.5 Å². The van der Waals surface area contributed by atoms with Gasteiger partial charge in [-0.2, -0.15) is 12.6 Å². The molecule has 0 heterocycles. The van der Waals surface area contributed by atoms with Crippen LogP contribution in [0.2, 0.25) is 0 Å². The van der Waals surface area contributed by atoms with E-state index in [0.717, 1.165) is 32.3 Å². The Kier molecular flexibility index (Phi) is 10.2. The molecule has 0 saturated carbocycles. The second kappa shape index (κ2) is 10.3. The lowest BCUT2D eigenvalue weighted by Crippen LogP contribution is -2.15. The highest BCUT2D eigenvalue weighted by Crippen LogP contribution is 2.07. The predicted octanol–water partition coefficient (Wildman–Crippen LogP) is 2.44. The Labute approximate surface area is 97.9 Å². The first-order valence-corrected chi connectivity index (χ1v) is 6.13. The van der Waals surface area contributed by atoms with Crippen LogP contribution in [-0.4, -0.2) is 31.5 Å². The van der Waals surface area contributed by atoms with Gasteiger partial charge in [-0.3, -0.25) is 4.79 Å². The van der Waals surface area contributed by atoms with Gasteiger partial charge in [0.05, 0.1) is 12.5 Å². The smallest absolute Gasteiger partial charge is 0.306 e. The fraction of sp³-hybridized carbons (Fsp3) is 0.909. The SMILES string of the molecule is COCCCCCC(C)OC(=O)CCS. The zero-order chi connectivity index (χ0) is 11.5. The maximum Gasteiger partial charge on any atom is 0.306 e. The summed E-state index contributed by atoms with van der Waals surface area (Å²) in [7, 11) is 1.71. The fourth-order valence-electron chi connectivity index (χ4n) is 1.29. The van der Waals surface area contributed by atoms with Crippen LogP contribution in [0.1, 0.15) is 39.0 Å². The van der Waals surface area contributed by atoms with Gasteiger partial charge < -0.3 is 9.47 Å². The molecule has 0 radical (unpaired) electrons. The van der Waals surface area contributed by atoms with Gasteiger partial charge in [-0.1, -0.05) is 6.42 Å². The summed E-state index contributed by atoms with van der Waals surface area (Å²) >= 11 is 3.98. The number of unbranched alkanes of at least 4 members (excludes halogenated alkanes) is 2. The molecule has 0 spiro atoms. The van der Waals surface area contributed by atoms with E-state index in [4.69, 9.17) is 9.47 Å². The van der Waals surface area contributed by atoms with Crippen molar-refractivity contribution in [3.8, 4) is 0 Å². The summed E-state index contributed by atoms with van der Waals surface area (Å²) in [6.07, 6.45) is 4.65. The molecule has 1 unspecified atom stereocenters. The van der Waals surface area contributed by atoms with Crippen molar-refractivity contribution < 1.29 is 14.3 Å². The summed E-state index contributed by atoms with van der Waals surface area (Å²) in [5.74, 6) is 0.411. The van der Waals surface area contributed by atoms with Crippen LogP contribution in [-0.2, 0) is 14.3 Å². The standard InChI is InChI=1S/C11H22O3S/c1-10(14-11(12)7-9-15)6-4-3-5-8-13-2/h10,15H,3-9H2,1-2H3. The molecule has 0 aromatic carbocycles. The van der Waals surface area contributed by atoms with E-state index in [-0.39, 0.29) is 12.1 Å². The third-order valence-electron chi connectivity index (χ3n) is 2.11. The van der Waals surface area contributed by atoms with Crippen LogP contribution in [0.3, 0.4) is 0 Å². The summed E-state index contributed by atoms with van der Waals surface area (Å²) in [6, 6.07) is 0. The van der Waals surface area contributed by atoms with Crippen molar-refractivity contribution in [1.82, 2.24) is 0 Å². The number of esters is 1. The van der Waals surface area contributed by atoms with E-state index in [1.165, 1.54) is 0 Å². The molecule has 0 aliphatic carbocycles. The normalized spacial score (nSPS) is 12.5. The molecule has 0 bridgehead atoms. The zero-order valence-corrected chi connectivity index (χ0v) is 10.6.